The Bertz CT molecular complexity index is 718. The fourth-order valence-corrected chi connectivity index (χ4v) is 2.14. The zero-order valence-corrected chi connectivity index (χ0v) is 11.5. The van der Waals surface area contributed by atoms with Gasteiger partial charge in [-0.15, -0.1) is 0 Å². The maximum absolute atomic E-state index is 5.04. The van der Waals surface area contributed by atoms with E-state index in [2.05, 4.69) is 25.9 Å². The number of pyridine rings is 1. The van der Waals surface area contributed by atoms with Crippen molar-refractivity contribution >= 4 is 16.7 Å². The first kappa shape index (κ1) is 12.5. The summed E-state index contributed by atoms with van der Waals surface area (Å²) in [5.41, 5.74) is 3.09. The molecule has 0 saturated heterocycles. The number of nitrogens with one attached hydrogen (secondary N) is 1. The SMILES string of the molecule is COc1ccc(NCc2nc3ccccc3n2C)cn1. The van der Waals surface area contributed by atoms with Crippen molar-refractivity contribution in [2.45, 2.75) is 6.54 Å². The lowest BCUT2D eigenvalue weighted by Gasteiger charge is -2.06. The van der Waals surface area contributed by atoms with Crippen LogP contribution in [0.15, 0.2) is 42.6 Å². The molecule has 5 heteroatoms. The fourth-order valence-electron chi connectivity index (χ4n) is 2.14. The quantitative estimate of drug-likeness (QED) is 0.790. The number of nitrogens with zero attached hydrogens (tertiary/aromatic N) is 3. The number of fused-ring (bicyclic) bond motifs is 1. The molecule has 0 atom stereocenters. The monoisotopic (exact) mass is 268 g/mol. The summed E-state index contributed by atoms with van der Waals surface area (Å²) in [4.78, 5) is 8.78. The predicted molar refractivity (Wildman–Crippen MR) is 78.8 cm³/mol. The van der Waals surface area contributed by atoms with Gasteiger partial charge in [0.15, 0.2) is 0 Å². The topological polar surface area (TPSA) is 52.0 Å². The Labute approximate surface area is 117 Å². The molecule has 0 radical (unpaired) electrons. The van der Waals surface area contributed by atoms with Crippen LogP contribution in [0.3, 0.4) is 0 Å². The van der Waals surface area contributed by atoms with Crippen LogP contribution in [-0.4, -0.2) is 21.6 Å². The smallest absolute Gasteiger partial charge is 0.213 e. The van der Waals surface area contributed by atoms with Crippen LogP contribution in [-0.2, 0) is 13.6 Å². The van der Waals surface area contributed by atoms with Crippen LogP contribution in [0.4, 0.5) is 5.69 Å². The molecule has 2 aromatic heterocycles. The minimum atomic E-state index is 0.610. The van der Waals surface area contributed by atoms with E-state index < -0.39 is 0 Å². The Morgan fingerprint density at radius 2 is 2.05 bits per heavy atom. The number of ether oxygens (including phenoxy) is 1. The van der Waals surface area contributed by atoms with Gasteiger partial charge in [0.05, 0.1) is 36.6 Å². The van der Waals surface area contributed by atoms with Crippen LogP contribution in [0, 0.1) is 0 Å². The molecule has 0 aliphatic carbocycles. The van der Waals surface area contributed by atoms with Crippen molar-refractivity contribution in [2.75, 3.05) is 12.4 Å². The minimum absolute atomic E-state index is 0.610. The Kier molecular flexibility index (Phi) is 3.25. The first-order valence-electron chi connectivity index (χ1n) is 6.42. The highest BCUT2D eigenvalue weighted by Gasteiger charge is 2.06. The van der Waals surface area contributed by atoms with Gasteiger partial charge in [0.2, 0.25) is 5.88 Å². The van der Waals surface area contributed by atoms with Crippen LogP contribution >= 0.6 is 0 Å². The van der Waals surface area contributed by atoms with E-state index in [4.69, 9.17) is 4.74 Å². The molecule has 102 valence electrons. The standard InChI is InChI=1S/C15H16N4O/c1-19-13-6-4-3-5-12(13)18-14(19)10-16-11-7-8-15(20-2)17-9-11/h3-9,16H,10H2,1-2H3. The number of aryl methyl sites for hydroxylation is 1. The Morgan fingerprint density at radius 3 is 2.75 bits per heavy atom. The van der Waals surface area contributed by atoms with Crippen molar-refractivity contribution in [2.24, 2.45) is 7.05 Å². The van der Waals surface area contributed by atoms with Gasteiger partial charge in [-0.2, -0.15) is 0 Å². The van der Waals surface area contributed by atoms with Gasteiger partial charge in [0.25, 0.3) is 0 Å². The van der Waals surface area contributed by atoms with Crippen LogP contribution in [0.1, 0.15) is 5.82 Å². The van der Waals surface area contributed by atoms with Crippen molar-refractivity contribution in [1.29, 1.82) is 0 Å². The molecule has 0 aliphatic heterocycles. The molecule has 2 heterocycles. The van der Waals surface area contributed by atoms with Gasteiger partial charge in [0, 0.05) is 13.1 Å². The Morgan fingerprint density at radius 1 is 1.20 bits per heavy atom. The Balaban J connectivity index is 1.77. The molecule has 0 bridgehead atoms. The second-order valence-electron chi connectivity index (χ2n) is 4.52. The van der Waals surface area contributed by atoms with E-state index in [-0.39, 0.29) is 0 Å². The first-order valence-corrected chi connectivity index (χ1v) is 6.42. The lowest BCUT2D eigenvalue weighted by Crippen LogP contribution is -2.06. The zero-order valence-electron chi connectivity index (χ0n) is 11.5. The molecular weight excluding hydrogens is 252 g/mol. The van der Waals surface area contributed by atoms with Crippen molar-refractivity contribution in [3.8, 4) is 5.88 Å². The van der Waals surface area contributed by atoms with Gasteiger partial charge in [-0.1, -0.05) is 12.1 Å². The number of aromatic nitrogens is 3. The van der Waals surface area contributed by atoms with E-state index in [9.17, 15) is 0 Å². The molecule has 3 aromatic rings. The van der Waals surface area contributed by atoms with E-state index in [1.54, 1.807) is 13.3 Å². The van der Waals surface area contributed by atoms with E-state index in [1.807, 2.05) is 37.4 Å². The van der Waals surface area contributed by atoms with E-state index in [0.29, 0.717) is 12.4 Å². The summed E-state index contributed by atoms with van der Waals surface area (Å²) in [6.45, 7) is 0.652. The molecule has 0 fully saturated rings. The highest BCUT2D eigenvalue weighted by Crippen LogP contribution is 2.16. The van der Waals surface area contributed by atoms with Crippen LogP contribution in [0.25, 0.3) is 11.0 Å². The molecule has 3 rings (SSSR count). The number of para-hydroxylation sites is 2. The second-order valence-corrected chi connectivity index (χ2v) is 4.52. The summed E-state index contributed by atoms with van der Waals surface area (Å²) in [7, 11) is 3.63. The second kappa shape index (κ2) is 5.21. The predicted octanol–water partition coefficient (Wildman–Crippen LogP) is 2.59. The summed E-state index contributed by atoms with van der Waals surface area (Å²) in [6.07, 6.45) is 1.75. The first-order chi connectivity index (χ1) is 9.78. The normalized spacial score (nSPS) is 10.7. The maximum atomic E-state index is 5.04. The van der Waals surface area contributed by atoms with E-state index >= 15 is 0 Å². The van der Waals surface area contributed by atoms with Crippen LogP contribution < -0.4 is 10.1 Å². The van der Waals surface area contributed by atoms with Crippen molar-refractivity contribution in [3.63, 3.8) is 0 Å². The van der Waals surface area contributed by atoms with Gasteiger partial charge >= 0.3 is 0 Å². The number of hydrogen-bond donors (Lipinski definition) is 1. The lowest BCUT2D eigenvalue weighted by molar-refractivity contribution is 0.398. The number of anilines is 1. The fraction of sp³-hybridized carbons (Fsp3) is 0.200. The highest BCUT2D eigenvalue weighted by molar-refractivity contribution is 5.75. The van der Waals surface area contributed by atoms with Crippen LogP contribution in [0.2, 0.25) is 0 Å². The summed E-state index contributed by atoms with van der Waals surface area (Å²) < 4.78 is 7.13. The third-order valence-corrected chi connectivity index (χ3v) is 3.28. The average molecular weight is 268 g/mol. The number of methoxy groups -OCH3 is 1. The third kappa shape index (κ3) is 2.30. The van der Waals surface area contributed by atoms with Gasteiger partial charge in [-0.25, -0.2) is 9.97 Å². The molecule has 0 unspecified atom stereocenters. The van der Waals surface area contributed by atoms with E-state index in [0.717, 1.165) is 22.5 Å². The molecular formula is C15H16N4O. The third-order valence-electron chi connectivity index (χ3n) is 3.28. The minimum Gasteiger partial charge on any atom is -0.481 e. The molecule has 0 saturated carbocycles. The summed E-state index contributed by atoms with van der Waals surface area (Å²) in [5, 5.41) is 3.31. The highest BCUT2D eigenvalue weighted by atomic mass is 16.5. The van der Waals surface area contributed by atoms with E-state index in [1.165, 1.54) is 0 Å². The average Bonchev–Trinajstić information content (AvgIpc) is 2.83. The van der Waals surface area contributed by atoms with Gasteiger partial charge < -0.3 is 14.6 Å². The molecule has 1 N–H and O–H groups in total. The lowest BCUT2D eigenvalue weighted by atomic mass is 10.3. The molecule has 20 heavy (non-hydrogen) atoms. The van der Waals surface area contributed by atoms with Gasteiger partial charge in [0.1, 0.15) is 5.82 Å². The number of rotatable bonds is 4. The Hall–Kier alpha value is -2.56. The van der Waals surface area contributed by atoms with Gasteiger partial charge in [-0.05, 0) is 18.2 Å². The number of hydrogen-bond acceptors (Lipinski definition) is 4. The molecule has 0 aliphatic rings. The van der Waals surface area contributed by atoms with Crippen LogP contribution in [0.5, 0.6) is 5.88 Å². The maximum Gasteiger partial charge on any atom is 0.213 e. The van der Waals surface area contributed by atoms with Crippen molar-refractivity contribution < 1.29 is 4.74 Å². The summed E-state index contributed by atoms with van der Waals surface area (Å²) >= 11 is 0. The molecule has 0 amide bonds. The largest absolute Gasteiger partial charge is 0.481 e. The molecule has 5 nitrogen and oxygen atoms in total. The zero-order chi connectivity index (χ0) is 13.9. The summed E-state index contributed by atoms with van der Waals surface area (Å²) in [5.74, 6) is 1.60. The van der Waals surface area contributed by atoms with Gasteiger partial charge in [-0.3, -0.25) is 0 Å². The molecule has 0 spiro atoms. The molecule has 1 aromatic carbocycles. The number of benzene rings is 1. The summed E-state index contributed by atoms with van der Waals surface area (Å²) in [6, 6.07) is 11.9. The van der Waals surface area contributed by atoms with Crippen molar-refractivity contribution in [3.05, 3.63) is 48.4 Å². The van der Waals surface area contributed by atoms with Crippen molar-refractivity contribution in [1.82, 2.24) is 14.5 Å². The number of imidazole rings is 1.